The van der Waals surface area contributed by atoms with Gasteiger partial charge in [0.25, 0.3) is 0 Å². The van der Waals surface area contributed by atoms with Gasteiger partial charge in [0, 0.05) is 30.4 Å². The van der Waals surface area contributed by atoms with Gasteiger partial charge in [-0.05, 0) is 70.9 Å². The molecule has 0 atom stereocenters. The average Bonchev–Trinajstić information content (AvgIpc) is 2.91. The molecule has 0 aliphatic carbocycles. The molecule has 3 nitrogen and oxygen atoms in total. The highest BCUT2D eigenvalue weighted by Gasteiger charge is 2.21. The lowest BCUT2D eigenvalue weighted by molar-refractivity contribution is 0.365. The number of benzene rings is 3. The number of halogens is 2. The Bertz CT molecular complexity index is 1280. The van der Waals surface area contributed by atoms with Crippen molar-refractivity contribution >= 4 is 16.3 Å². The van der Waals surface area contributed by atoms with Crippen LogP contribution >= 0.6 is 0 Å². The van der Waals surface area contributed by atoms with Crippen LogP contribution in [0.3, 0.4) is 0 Å². The number of hydrogen-bond acceptors (Lipinski definition) is 3. The minimum atomic E-state index is -0.397. The summed E-state index contributed by atoms with van der Waals surface area (Å²) < 4.78 is 30.2. The molecule has 1 aliphatic rings. The zero-order valence-electron chi connectivity index (χ0n) is 16.4. The first-order chi connectivity index (χ1) is 14.6. The summed E-state index contributed by atoms with van der Waals surface area (Å²) in [6, 6.07) is 17.8. The number of aromatic nitrogens is 2. The second-order valence-electron chi connectivity index (χ2n) is 7.59. The number of nitrogens with zero attached hydrogens (tertiary/aromatic N) is 3. The molecule has 148 valence electrons. The van der Waals surface area contributed by atoms with E-state index in [0.29, 0.717) is 41.0 Å². The monoisotopic (exact) mass is 399 g/mol. The van der Waals surface area contributed by atoms with Crippen LogP contribution in [0.4, 0.5) is 8.78 Å². The Balaban J connectivity index is 1.71. The Kier molecular flexibility index (Phi) is 4.60. The van der Waals surface area contributed by atoms with E-state index in [1.54, 1.807) is 24.4 Å². The van der Waals surface area contributed by atoms with Gasteiger partial charge in [0.15, 0.2) is 0 Å². The number of fused-ring (bicyclic) bond motifs is 2. The van der Waals surface area contributed by atoms with E-state index in [-0.39, 0.29) is 5.82 Å². The molecule has 1 aromatic heterocycles. The largest absolute Gasteiger partial charge is 0.298 e. The van der Waals surface area contributed by atoms with E-state index in [1.807, 2.05) is 49.5 Å². The van der Waals surface area contributed by atoms with Gasteiger partial charge in [-0.1, -0.05) is 30.3 Å². The Hall–Kier alpha value is -3.44. The van der Waals surface area contributed by atoms with Crippen molar-refractivity contribution in [3.63, 3.8) is 0 Å². The summed E-state index contributed by atoms with van der Waals surface area (Å²) >= 11 is 0. The third-order valence-electron chi connectivity index (χ3n) is 5.50. The Morgan fingerprint density at radius 2 is 1.60 bits per heavy atom. The number of likely N-dealkylation sites (N-methyl/N-ethyl adjacent to an activating group) is 1. The van der Waals surface area contributed by atoms with Crippen LogP contribution in [0.1, 0.15) is 16.7 Å². The van der Waals surface area contributed by atoms with Gasteiger partial charge in [-0.15, -0.1) is 0 Å². The normalized spacial score (nSPS) is 14.3. The summed E-state index contributed by atoms with van der Waals surface area (Å²) in [6.45, 7) is 1.26. The molecule has 0 unspecified atom stereocenters. The lowest BCUT2D eigenvalue weighted by Gasteiger charge is -2.16. The second kappa shape index (κ2) is 7.43. The smallest absolute Gasteiger partial charge is 0.133 e. The van der Waals surface area contributed by atoms with Gasteiger partial charge in [-0.3, -0.25) is 4.90 Å². The maximum Gasteiger partial charge on any atom is 0.133 e. The van der Waals surface area contributed by atoms with E-state index in [1.165, 1.54) is 6.07 Å². The molecule has 2 heterocycles. The first-order valence-electron chi connectivity index (χ1n) is 9.78. The highest BCUT2D eigenvalue weighted by molar-refractivity contribution is 5.91. The lowest BCUT2D eigenvalue weighted by atomic mass is 9.90. The molecule has 1 aliphatic heterocycles. The van der Waals surface area contributed by atoms with E-state index in [9.17, 15) is 0 Å². The van der Waals surface area contributed by atoms with E-state index in [4.69, 9.17) is 0 Å². The van der Waals surface area contributed by atoms with Crippen LogP contribution in [-0.4, -0.2) is 28.7 Å². The fourth-order valence-electron chi connectivity index (χ4n) is 4.03. The summed E-state index contributed by atoms with van der Waals surface area (Å²) in [7, 11) is 1.99. The van der Waals surface area contributed by atoms with Crippen LogP contribution in [0.2, 0.25) is 0 Å². The molecule has 0 radical (unpaired) electrons. The highest BCUT2D eigenvalue weighted by atomic mass is 19.1. The summed E-state index contributed by atoms with van der Waals surface area (Å²) in [5.74, 6) is -0.709. The second-order valence-corrected chi connectivity index (χ2v) is 7.59. The van der Waals surface area contributed by atoms with Gasteiger partial charge in [-0.2, -0.15) is 10.2 Å². The zero-order chi connectivity index (χ0) is 20.7. The van der Waals surface area contributed by atoms with Crippen molar-refractivity contribution in [3.05, 3.63) is 101 Å². The minimum Gasteiger partial charge on any atom is -0.298 e. The topological polar surface area (TPSA) is 29.0 Å². The van der Waals surface area contributed by atoms with Gasteiger partial charge >= 0.3 is 0 Å². The van der Waals surface area contributed by atoms with Crippen molar-refractivity contribution in [2.45, 2.75) is 6.54 Å². The van der Waals surface area contributed by atoms with E-state index < -0.39 is 5.82 Å². The van der Waals surface area contributed by atoms with E-state index in [0.717, 1.165) is 16.3 Å². The molecule has 4 aromatic rings. The maximum atomic E-state index is 15.1. The highest BCUT2D eigenvalue weighted by Crippen LogP contribution is 2.36. The van der Waals surface area contributed by atoms with Crippen LogP contribution < -0.4 is 0 Å². The van der Waals surface area contributed by atoms with E-state index >= 15 is 8.78 Å². The molecule has 0 amide bonds. The fraction of sp³-hybridized carbons (Fsp3) is 0.120. The maximum absolute atomic E-state index is 15.1. The summed E-state index contributed by atoms with van der Waals surface area (Å²) in [5, 5.41) is 9.70. The molecule has 0 spiro atoms. The quantitative estimate of drug-likeness (QED) is 0.449. The number of rotatable bonds is 2. The molecule has 5 rings (SSSR count). The Morgan fingerprint density at radius 3 is 2.37 bits per heavy atom. The molecule has 0 saturated carbocycles. The molecule has 0 fully saturated rings. The SMILES string of the molecule is CN1CC=C(c2cc3ccccc3cc2F)c2cc(F)c(-c3cccnn3)cc2C1. The molecule has 5 heteroatoms. The fourth-order valence-corrected chi connectivity index (χ4v) is 4.03. The van der Waals surface area contributed by atoms with Crippen LogP contribution in [0.25, 0.3) is 27.6 Å². The van der Waals surface area contributed by atoms with Crippen molar-refractivity contribution in [1.29, 1.82) is 0 Å². The van der Waals surface area contributed by atoms with Crippen molar-refractivity contribution in [3.8, 4) is 11.3 Å². The number of hydrogen-bond donors (Lipinski definition) is 0. The third kappa shape index (κ3) is 3.27. The van der Waals surface area contributed by atoms with Crippen molar-refractivity contribution in [2.75, 3.05) is 13.6 Å². The standard InChI is InChI=1S/C25H19F2N3/c1-30-10-8-19(21-11-16-5-2-3-6-17(16)13-23(21)26)20-14-24(27)22(12-18(20)15-30)25-7-4-9-28-29-25/h2-9,11-14H,10,15H2,1H3. The minimum absolute atomic E-state index is 0.311. The van der Waals surface area contributed by atoms with Crippen molar-refractivity contribution < 1.29 is 8.78 Å². The predicted molar refractivity (Wildman–Crippen MR) is 115 cm³/mol. The summed E-state index contributed by atoms with van der Waals surface area (Å²) in [4.78, 5) is 2.11. The molecule has 0 N–H and O–H groups in total. The molecule has 30 heavy (non-hydrogen) atoms. The van der Waals surface area contributed by atoms with Crippen molar-refractivity contribution in [2.24, 2.45) is 0 Å². The first-order valence-corrected chi connectivity index (χ1v) is 9.78. The van der Waals surface area contributed by atoms with E-state index in [2.05, 4.69) is 15.1 Å². The van der Waals surface area contributed by atoms with Gasteiger partial charge in [0.05, 0.1) is 5.69 Å². The van der Waals surface area contributed by atoms with Crippen molar-refractivity contribution in [1.82, 2.24) is 15.1 Å². The molecule has 0 bridgehead atoms. The van der Waals surface area contributed by atoms with Crippen LogP contribution in [0.5, 0.6) is 0 Å². The summed E-state index contributed by atoms with van der Waals surface area (Å²) in [6.07, 6.45) is 3.53. The zero-order valence-corrected chi connectivity index (χ0v) is 16.4. The summed E-state index contributed by atoms with van der Waals surface area (Å²) in [5.41, 5.74) is 3.70. The lowest BCUT2D eigenvalue weighted by Crippen LogP contribution is -2.16. The Morgan fingerprint density at radius 1 is 0.833 bits per heavy atom. The van der Waals surface area contributed by atoms with Gasteiger partial charge in [0.2, 0.25) is 0 Å². The van der Waals surface area contributed by atoms with Crippen LogP contribution in [-0.2, 0) is 6.54 Å². The molecular formula is C25H19F2N3. The van der Waals surface area contributed by atoms with Gasteiger partial charge in [-0.25, -0.2) is 8.78 Å². The predicted octanol–water partition coefficient (Wildman–Crippen LogP) is 5.45. The van der Waals surface area contributed by atoms with Gasteiger partial charge in [0.1, 0.15) is 11.6 Å². The van der Waals surface area contributed by atoms with Gasteiger partial charge < -0.3 is 0 Å². The molecule has 3 aromatic carbocycles. The van der Waals surface area contributed by atoms with Crippen LogP contribution in [0.15, 0.2) is 72.9 Å². The average molecular weight is 399 g/mol. The van der Waals surface area contributed by atoms with Crippen LogP contribution in [0, 0.1) is 11.6 Å². The third-order valence-corrected chi connectivity index (χ3v) is 5.50. The Labute approximate surface area is 173 Å². The molecular weight excluding hydrogens is 380 g/mol. The molecule has 0 saturated heterocycles. The first kappa shape index (κ1) is 18.6.